The van der Waals surface area contributed by atoms with Gasteiger partial charge in [0.1, 0.15) is 11.5 Å². The number of sulfonamides is 1. The number of aryl methyl sites for hydroxylation is 1. The van der Waals surface area contributed by atoms with E-state index >= 15 is 0 Å². The van der Waals surface area contributed by atoms with E-state index in [-0.39, 0.29) is 22.3 Å². The smallest absolute Gasteiger partial charge is 0.262 e. The highest BCUT2D eigenvalue weighted by atomic mass is 35.5. The van der Waals surface area contributed by atoms with Gasteiger partial charge in [-0.15, -0.1) is 0 Å². The Morgan fingerprint density at radius 2 is 1.56 bits per heavy atom. The number of hydrogen-bond donors (Lipinski definition) is 2. The molecule has 0 heterocycles. The Morgan fingerprint density at radius 1 is 0.861 bits per heavy atom. The van der Waals surface area contributed by atoms with Crippen molar-refractivity contribution in [1.29, 1.82) is 0 Å². The van der Waals surface area contributed by atoms with Gasteiger partial charge in [0.25, 0.3) is 15.9 Å². The highest BCUT2D eigenvalue weighted by molar-refractivity contribution is 7.92. The first-order valence-corrected chi connectivity index (χ1v) is 12.8. The molecule has 1 amide bonds. The van der Waals surface area contributed by atoms with Gasteiger partial charge in [0.05, 0.1) is 15.6 Å². The quantitative estimate of drug-likeness (QED) is 0.270. The Morgan fingerprint density at radius 3 is 2.28 bits per heavy atom. The molecule has 36 heavy (non-hydrogen) atoms. The lowest BCUT2D eigenvalue weighted by Gasteiger charge is -2.13. The predicted molar refractivity (Wildman–Crippen MR) is 141 cm³/mol. The fourth-order valence-electron chi connectivity index (χ4n) is 3.21. The molecule has 0 aliphatic carbocycles. The summed E-state index contributed by atoms with van der Waals surface area (Å²) in [6.07, 6.45) is 0. The van der Waals surface area contributed by atoms with Crippen LogP contribution < -0.4 is 19.5 Å². The number of carbonyl (C=O) groups excluding carboxylic acids is 1. The van der Waals surface area contributed by atoms with Crippen molar-refractivity contribution in [2.75, 3.05) is 16.6 Å². The molecule has 9 heteroatoms. The van der Waals surface area contributed by atoms with E-state index in [9.17, 15) is 13.2 Å². The standard InChI is InChI=1S/C27H23ClN2O5S/c1-19-11-13-20(14-12-19)30-36(32,33)22-15-16-25(23(28)17-22)34-18-27(31)29-24-9-5-6-10-26(24)35-21-7-3-2-4-8-21/h2-17,30H,18H2,1H3,(H,29,31). The van der Waals surface area contributed by atoms with Gasteiger partial charge in [-0.1, -0.05) is 59.6 Å². The molecule has 2 N–H and O–H groups in total. The lowest BCUT2D eigenvalue weighted by molar-refractivity contribution is -0.118. The summed E-state index contributed by atoms with van der Waals surface area (Å²) in [6, 6.07) is 27.2. The fourth-order valence-corrected chi connectivity index (χ4v) is 4.59. The fraction of sp³-hybridized carbons (Fsp3) is 0.0741. The summed E-state index contributed by atoms with van der Waals surface area (Å²) in [5.74, 6) is 0.850. The molecular formula is C27H23ClN2O5S. The molecule has 4 aromatic carbocycles. The van der Waals surface area contributed by atoms with Gasteiger partial charge in [0, 0.05) is 5.69 Å². The number of halogens is 1. The number of anilines is 2. The van der Waals surface area contributed by atoms with E-state index in [0.29, 0.717) is 22.9 Å². The number of ether oxygens (including phenoxy) is 2. The molecule has 4 aromatic rings. The van der Waals surface area contributed by atoms with Crippen LogP contribution in [0.1, 0.15) is 5.56 Å². The SMILES string of the molecule is Cc1ccc(NS(=O)(=O)c2ccc(OCC(=O)Nc3ccccc3Oc3ccccc3)c(Cl)c2)cc1. The molecule has 0 spiro atoms. The van der Waals surface area contributed by atoms with E-state index in [1.165, 1.54) is 18.2 Å². The minimum absolute atomic E-state index is 0.0307. The minimum atomic E-state index is -3.85. The Hall–Kier alpha value is -4.01. The summed E-state index contributed by atoms with van der Waals surface area (Å²) in [6.45, 7) is 1.57. The van der Waals surface area contributed by atoms with Crippen LogP contribution in [0.15, 0.2) is 102 Å². The molecule has 0 saturated heterocycles. The molecule has 0 fully saturated rings. The van der Waals surface area contributed by atoms with E-state index in [1.807, 2.05) is 37.3 Å². The second-order valence-corrected chi connectivity index (χ2v) is 9.90. The van der Waals surface area contributed by atoms with Crippen molar-refractivity contribution in [1.82, 2.24) is 0 Å². The van der Waals surface area contributed by atoms with E-state index < -0.39 is 15.9 Å². The monoisotopic (exact) mass is 522 g/mol. The average Bonchev–Trinajstić information content (AvgIpc) is 2.86. The molecule has 0 radical (unpaired) electrons. The van der Waals surface area contributed by atoms with Crippen molar-refractivity contribution in [3.63, 3.8) is 0 Å². The maximum absolute atomic E-state index is 12.7. The van der Waals surface area contributed by atoms with Crippen LogP contribution in [-0.2, 0) is 14.8 Å². The zero-order valence-electron chi connectivity index (χ0n) is 19.3. The van der Waals surface area contributed by atoms with Gasteiger partial charge in [-0.3, -0.25) is 9.52 Å². The van der Waals surface area contributed by atoms with Crippen LogP contribution in [0.25, 0.3) is 0 Å². The number of benzene rings is 4. The summed E-state index contributed by atoms with van der Waals surface area (Å²) >= 11 is 6.25. The molecule has 0 aromatic heterocycles. The second-order valence-electron chi connectivity index (χ2n) is 7.81. The largest absolute Gasteiger partial charge is 0.482 e. The van der Waals surface area contributed by atoms with Crippen LogP contribution in [0.3, 0.4) is 0 Å². The highest BCUT2D eigenvalue weighted by Crippen LogP contribution is 2.30. The van der Waals surface area contributed by atoms with Gasteiger partial charge in [0.15, 0.2) is 12.4 Å². The third-order valence-electron chi connectivity index (χ3n) is 5.01. The Labute approximate surface area is 214 Å². The molecular weight excluding hydrogens is 500 g/mol. The number of rotatable bonds is 9. The Kier molecular flexibility index (Phi) is 7.77. The zero-order valence-corrected chi connectivity index (χ0v) is 20.8. The third-order valence-corrected chi connectivity index (χ3v) is 6.68. The van der Waals surface area contributed by atoms with Crippen LogP contribution in [0.4, 0.5) is 11.4 Å². The summed E-state index contributed by atoms with van der Waals surface area (Å²) in [5, 5.41) is 2.81. The number of amides is 1. The van der Waals surface area contributed by atoms with Crippen LogP contribution in [0.2, 0.25) is 5.02 Å². The molecule has 0 bridgehead atoms. The van der Waals surface area contributed by atoms with Crippen LogP contribution in [-0.4, -0.2) is 20.9 Å². The summed E-state index contributed by atoms with van der Waals surface area (Å²) in [5.41, 5.74) is 1.92. The van der Waals surface area contributed by atoms with Crippen LogP contribution in [0.5, 0.6) is 17.2 Å². The van der Waals surface area contributed by atoms with Gasteiger partial charge in [-0.05, 0) is 61.5 Å². The molecule has 0 saturated carbocycles. The van der Waals surface area contributed by atoms with Gasteiger partial charge >= 0.3 is 0 Å². The van der Waals surface area contributed by atoms with E-state index in [2.05, 4.69) is 10.0 Å². The Balaban J connectivity index is 1.38. The van der Waals surface area contributed by atoms with Gasteiger partial charge in [0.2, 0.25) is 0 Å². The van der Waals surface area contributed by atoms with Crippen molar-refractivity contribution in [3.8, 4) is 17.2 Å². The van der Waals surface area contributed by atoms with Crippen LogP contribution >= 0.6 is 11.6 Å². The molecule has 184 valence electrons. The molecule has 4 rings (SSSR count). The Bertz CT molecular complexity index is 1460. The molecule has 0 unspecified atom stereocenters. The van der Waals surface area contributed by atoms with E-state index in [1.54, 1.807) is 48.5 Å². The summed E-state index contributed by atoms with van der Waals surface area (Å²) in [4.78, 5) is 12.5. The number of nitrogens with one attached hydrogen (secondary N) is 2. The minimum Gasteiger partial charge on any atom is -0.482 e. The van der Waals surface area contributed by atoms with E-state index in [0.717, 1.165) is 5.56 Å². The lowest BCUT2D eigenvalue weighted by Crippen LogP contribution is -2.20. The van der Waals surface area contributed by atoms with Crippen molar-refractivity contribution < 1.29 is 22.7 Å². The lowest BCUT2D eigenvalue weighted by atomic mass is 10.2. The van der Waals surface area contributed by atoms with Crippen LogP contribution in [0, 0.1) is 6.92 Å². The van der Waals surface area contributed by atoms with Crippen molar-refractivity contribution in [2.24, 2.45) is 0 Å². The van der Waals surface area contributed by atoms with Gasteiger partial charge in [-0.2, -0.15) is 0 Å². The average molecular weight is 523 g/mol. The highest BCUT2D eigenvalue weighted by Gasteiger charge is 2.17. The second kappa shape index (κ2) is 11.2. The molecule has 0 aliphatic heterocycles. The summed E-state index contributed by atoms with van der Waals surface area (Å²) in [7, 11) is -3.85. The normalized spacial score (nSPS) is 10.9. The topological polar surface area (TPSA) is 93.7 Å². The van der Waals surface area contributed by atoms with Gasteiger partial charge in [-0.25, -0.2) is 8.42 Å². The molecule has 7 nitrogen and oxygen atoms in total. The first kappa shape index (κ1) is 25.1. The number of para-hydroxylation sites is 3. The van der Waals surface area contributed by atoms with E-state index in [4.69, 9.17) is 21.1 Å². The van der Waals surface area contributed by atoms with Gasteiger partial charge < -0.3 is 14.8 Å². The van der Waals surface area contributed by atoms with Crippen molar-refractivity contribution in [3.05, 3.63) is 108 Å². The molecule has 0 atom stereocenters. The maximum atomic E-state index is 12.7. The third kappa shape index (κ3) is 6.56. The van der Waals surface area contributed by atoms with Crippen molar-refractivity contribution in [2.45, 2.75) is 11.8 Å². The zero-order chi connectivity index (χ0) is 25.5. The maximum Gasteiger partial charge on any atom is 0.262 e. The first-order chi connectivity index (χ1) is 17.3. The van der Waals surface area contributed by atoms with Crippen molar-refractivity contribution >= 4 is 38.9 Å². The molecule has 0 aliphatic rings. The first-order valence-electron chi connectivity index (χ1n) is 10.9. The summed E-state index contributed by atoms with van der Waals surface area (Å²) < 4.78 is 39.3. The predicted octanol–water partition coefficient (Wildman–Crippen LogP) is 6.26. The number of carbonyl (C=O) groups is 1. The number of hydrogen-bond acceptors (Lipinski definition) is 5.